The molecule has 2 rings (SSSR count). The molecule has 78 valence electrons. The van der Waals surface area contributed by atoms with Crippen LogP contribution in [0.2, 0.25) is 0 Å². The molecule has 1 saturated heterocycles. The highest BCUT2D eigenvalue weighted by molar-refractivity contribution is 5.46. The van der Waals surface area contributed by atoms with Crippen LogP contribution in [0.5, 0.6) is 5.75 Å². The lowest BCUT2D eigenvalue weighted by atomic mass is 10.2. The molecule has 1 aromatic carbocycles. The van der Waals surface area contributed by atoms with Gasteiger partial charge in [0.25, 0.3) is 0 Å². The third-order valence-corrected chi connectivity index (χ3v) is 2.40. The van der Waals surface area contributed by atoms with Gasteiger partial charge in [0.2, 0.25) is 0 Å². The molecule has 0 N–H and O–H groups in total. The van der Waals surface area contributed by atoms with Crippen molar-refractivity contribution in [2.45, 2.75) is 18.9 Å². The van der Waals surface area contributed by atoms with Crippen molar-refractivity contribution in [2.24, 2.45) is 0 Å². The van der Waals surface area contributed by atoms with Crippen LogP contribution in [-0.2, 0) is 4.74 Å². The molecule has 1 aliphatic heterocycles. The van der Waals surface area contributed by atoms with Crippen molar-refractivity contribution in [2.75, 3.05) is 13.7 Å². The maximum Gasteiger partial charge on any atom is 0.134 e. The molecule has 0 spiro atoms. The molecule has 1 atom stereocenters. The molecule has 1 fully saturated rings. The molecule has 2 heteroatoms. The van der Waals surface area contributed by atoms with Crippen molar-refractivity contribution < 1.29 is 9.47 Å². The Kier molecular flexibility index (Phi) is 3.26. The van der Waals surface area contributed by atoms with Crippen LogP contribution in [0.15, 0.2) is 24.3 Å². The first-order chi connectivity index (χ1) is 7.40. The van der Waals surface area contributed by atoms with E-state index in [-0.39, 0.29) is 6.10 Å². The summed E-state index contributed by atoms with van der Waals surface area (Å²) in [4.78, 5) is 0. The van der Waals surface area contributed by atoms with Gasteiger partial charge in [0.05, 0.1) is 12.7 Å². The largest absolute Gasteiger partial charge is 0.495 e. The first-order valence-electron chi connectivity index (χ1n) is 5.16. The molecule has 0 bridgehead atoms. The average Bonchev–Trinajstić information content (AvgIpc) is 2.79. The summed E-state index contributed by atoms with van der Waals surface area (Å²) in [5.74, 6) is 7.05. The van der Waals surface area contributed by atoms with E-state index in [1.807, 2.05) is 24.3 Å². The first-order valence-corrected chi connectivity index (χ1v) is 5.16. The van der Waals surface area contributed by atoms with Gasteiger partial charge in [0, 0.05) is 6.61 Å². The Hall–Kier alpha value is -1.46. The summed E-state index contributed by atoms with van der Waals surface area (Å²) in [6.07, 6.45) is 2.27. The maximum atomic E-state index is 5.43. The summed E-state index contributed by atoms with van der Waals surface area (Å²) >= 11 is 0. The zero-order valence-corrected chi connectivity index (χ0v) is 8.82. The average molecular weight is 202 g/mol. The van der Waals surface area contributed by atoms with Crippen LogP contribution in [0.1, 0.15) is 18.4 Å². The van der Waals surface area contributed by atoms with Crippen molar-refractivity contribution in [3.8, 4) is 17.6 Å². The van der Waals surface area contributed by atoms with Gasteiger partial charge in [0.1, 0.15) is 11.9 Å². The third kappa shape index (κ3) is 2.51. The van der Waals surface area contributed by atoms with Gasteiger partial charge in [-0.25, -0.2) is 0 Å². The highest BCUT2D eigenvalue weighted by atomic mass is 16.5. The normalized spacial score (nSPS) is 19.4. The van der Waals surface area contributed by atoms with Crippen molar-refractivity contribution in [1.29, 1.82) is 0 Å². The minimum atomic E-state index is 0.106. The first kappa shape index (κ1) is 10.1. The van der Waals surface area contributed by atoms with E-state index in [1.54, 1.807) is 7.11 Å². The van der Waals surface area contributed by atoms with E-state index in [1.165, 1.54) is 0 Å². The summed E-state index contributed by atoms with van der Waals surface area (Å²) in [6, 6.07) is 7.78. The van der Waals surface area contributed by atoms with Gasteiger partial charge in [-0.15, -0.1) is 0 Å². The molecule has 2 nitrogen and oxygen atoms in total. The molecule has 1 aromatic rings. The monoisotopic (exact) mass is 202 g/mol. The summed E-state index contributed by atoms with van der Waals surface area (Å²) in [6.45, 7) is 0.839. The summed E-state index contributed by atoms with van der Waals surface area (Å²) < 4.78 is 10.7. The lowest BCUT2D eigenvalue weighted by Gasteiger charge is -2.02. The quantitative estimate of drug-likeness (QED) is 0.650. The summed E-state index contributed by atoms with van der Waals surface area (Å²) in [5, 5.41) is 0. The molecular formula is C13H14O2. The van der Waals surface area contributed by atoms with E-state index < -0.39 is 0 Å². The molecular weight excluding hydrogens is 188 g/mol. The van der Waals surface area contributed by atoms with Gasteiger partial charge in [0.15, 0.2) is 0 Å². The summed E-state index contributed by atoms with van der Waals surface area (Å²) in [5.41, 5.74) is 0.926. The minimum Gasteiger partial charge on any atom is -0.495 e. The van der Waals surface area contributed by atoms with Crippen LogP contribution in [0.25, 0.3) is 0 Å². The highest BCUT2D eigenvalue weighted by Gasteiger charge is 2.11. The van der Waals surface area contributed by atoms with Gasteiger partial charge >= 0.3 is 0 Å². The second-order valence-corrected chi connectivity index (χ2v) is 3.47. The molecule has 0 unspecified atom stereocenters. The minimum absolute atomic E-state index is 0.106. The van der Waals surface area contributed by atoms with Crippen LogP contribution >= 0.6 is 0 Å². The number of ether oxygens (including phenoxy) is 2. The lowest BCUT2D eigenvalue weighted by Crippen LogP contribution is -1.99. The van der Waals surface area contributed by atoms with E-state index >= 15 is 0 Å². The van der Waals surface area contributed by atoms with Gasteiger partial charge in [-0.2, -0.15) is 0 Å². The van der Waals surface area contributed by atoms with E-state index in [2.05, 4.69) is 11.8 Å². The fourth-order valence-electron chi connectivity index (χ4n) is 1.60. The molecule has 0 saturated carbocycles. The smallest absolute Gasteiger partial charge is 0.134 e. The SMILES string of the molecule is COc1ccccc1C#C[C@H]1CCCO1. The zero-order valence-electron chi connectivity index (χ0n) is 8.82. The number of benzene rings is 1. The van der Waals surface area contributed by atoms with Crippen molar-refractivity contribution in [3.63, 3.8) is 0 Å². The van der Waals surface area contributed by atoms with Crippen LogP contribution in [-0.4, -0.2) is 19.8 Å². The topological polar surface area (TPSA) is 18.5 Å². The second kappa shape index (κ2) is 4.86. The Morgan fingerprint density at radius 3 is 3.00 bits per heavy atom. The van der Waals surface area contributed by atoms with Crippen molar-refractivity contribution >= 4 is 0 Å². The second-order valence-electron chi connectivity index (χ2n) is 3.47. The maximum absolute atomic E-state index is 5.43. The van der Waals surface area contributed by atoms with Crippen LogP contribution in [0, 0.1) is 11.8 Å². The van der Waals surface area contributed by atoms with Crippen molar-refractivity contribution in [1.82, 2.24) is 0 Å². The molecule has 0 radical (unpaired) electrons. The standard InChI is InChI=1S/C13H14O2/c1-14-13-7-3-2-5-11(13)8-9-12-6-4-10-15-12/h2-3,5,7,12H,4,6,10H2,1H3/t12-/m1/s1. The molecule has 0 aliphatic carbocycles. The van der Waals surface area contributed by atoms with Gasteiger partial charge in [-0.1, -0.05) is 24.0 Å². The molecule has 0 amide bonds. The fraction of sp³-hybridized carbons (Fsp3) is 0.385. The number of hydrogen-bond acceptors (Lipinski definition) is 2. The van der Waals surface area contributed by atoms with Crippen molar-refractivity contribution in [3.05, 3.63) is 29.8 Å². The molecule has 0 aromatic heterocycles. The number of methoxy groups -OCH3 is 1. The Balaban J connectivity index is 2.14. The van der Waals surface area contributed by atoms with Gasteiger partial charge in [-0.3, -0.25) is 0 Å². The van der Waals surface area contributed by atoms with E-state index in [0.717, 1.165) is 30.8 Å². The molecule has 1 aliphatic rings. The number of hydrogen-bond donors (Lipinski definition) is 0. The van der Waals surface area contributed by atoms with E-state index in [9.17, 15) is 0 Å². The Morgan fingerprint density at radius 1 is 1.40 bits per heavy atom. The third-order valence-electron chi connectivity index (χ3n) is 2.40. The highest BCUT2D eigenvalue weighted by Crippen LogP contribution is 2.16. The Bertz CT molecular complexity index is 381. The van der Waals surface area contributed by atoms with Crippen LogP contribution in [0.3, 0.4) is 0 Å². The lowest BCUT2D eigenvalue weighted by molar-refractivity contribution is 0.152. The van der Waals surface area contributed by atoms with Crippen LogP contribution in [0.4, 0.5) is 0 Å². The predicted octanol–water partition coefficient (Wildman–Crippen LogP) is 2.23. The zero-order chi connectivity index (χ0) is 10.5. The summed E-state index contributed by atoms with van der Waals surface area (Å²) in [7, 11) is 1.66. The number of rotatable bonds is 1. The van der Waals surface area contributed by atoms with Crippen LogP contribution < -0.4 is 4.74 Å². The van der Waals surface area contributed by atoms with Gasteiger partial charge < -0.3 is 9.47 Å². The Morgan fingerprint density at radius 2 is 2.27 bits per heavy atom. The van der Waals surface area contributed by atoms with E-state index in [4.69, 9.17) is 9.47 Å². The predicted molar refractivity (Wildman–Crippen MR) is 58.8 cm³/mol. The van der Waals surface area contributed by atoms with E-state index in [0.29, 0.717) is 0 Å². The molecule has 1 heterocycles. The number of para-hydroxylation sites is 1. The molecule has 15 heavy (non-hydrogen) atoms. The van der Waals surface area contributed by atoms with Gasteiger partial charge in [-0.05, 0) is 25.0 Å². The Labute approximate surface area is 90.2 Å². The fourth-order valence-corrected chi connectivity index (χ4v) is 1.60.